The van der Waals surface area contributed by atoms with Crippen molar-refractivity contribution < 1.29 is 4.79 Å². The summed E-state index contributed by atoms with van der Waals surface area (Å²) in [7, 11) is 0. The van der Waals surface area contributed by atoms with Crippen molar-refractivity contribution in [3.63, 3.8) is 0 Å². The maximum Gasteiger partial charge on any atom is 0.213 e. The van der Waals surface area contributed by atoms with Crippen LogP contribution in [-0.2, 0) is 0 Å². The lowest BCUT2D eigenvalue weighted by atomic mass is 10.0. The molecule has 3 nitrogen and oxygen atoms in total. The van der Waals surface area contributed by atoms with Gasteiger partial charge in [0.2, 0.25) is 5.78 Å². The molecule has 2 rings (SSSR count). The van der Waals surface area contributed by atoms with Gasteiger partial charge in [0.15, 0.2) is 0 Å². The lowest BCUT2D eigenvalue weighted by Gasteiger charge is -2.03. The molecule has 0 saturated heterocycles. The first-order chi connectivity index (χ1) is 7.68. The van der Waals surface area contributed by atoms with Crippen LogP contribution < -0.4 is 0 Å². The molecule has 0 radical (unpaired) electrons. The number of aryl methyl sites for hydroxylation is 2. The van der Waals surface area contributed by atoms with E-state index in [1.807, 2.05) is 32.0 Å². The number of ketones is 1. The third-order valence-electron chi connectivity index (χ3n) is 2.40. The van der Waals surface area contributed by atoms with Gasteiger partial charge in [0.05, 0.1) is 11.9 Å². The number of carbonyl (C=O) groups is 1. The zero-order chi connectivity index (χ0) is 11.5. The highest BCUT2D eigenvalue weighted by atomic mass is 16.1. The summed E-state index contributed by atoms with van der Waals surface area (Å²) in [6.07, 6.45) is 3.12. The topological polar surface area (TPSA) is 42.9 Å². The number of aromatic nitrogens is 2. The van der Waals surface area contributed by atoms with Gasteiger partial charge in [0.25, 0.3) is 0 Å². The number of hydrogen-bond donors (Lipinski definition) is 0. The van der Waals surface area contributed by atoms with Gasteiger partial charge in [0.1, 0.15) is 5.69 Å². The van der Waals surface area contributed by atoms with Crippen LogP contribution in [-0.4, -0.2) is 15.8 Å². The van der Waals surface area contributed by atoms with Gasteiger partial charge < -0.3 is 0 Å². The Balaban J connectivity index is 2.40. The zero-order valence-electron chi connectivity index (χ0n) is 9.27. The number of benzene rings is 1. The third kappa shape index (κ3) is 1.98. The Morgan fingerprint density at radius 2 is 1.81 bits per heavy atom. The molecule has 0 aliphatic carbocycles. The summed E-state index contributed by atoms with van der Waals surface area (Å²) in [4.78, 5) is 20.2. The summed E-state index contributed by atoms with van der Waals surface area (Å²) < 4.78 is 0. The Bertz CT molecular complexity index is 518. The monoisotopic (exact) mass is 212 g/mol. The molecule has 0 fully saturated rings. The lowest BCUT2D eigenvalue weighted by Crippen LogP contribution is -2.06. The molecule has 1 heterocycles. The van der Waals surface area contributed by atoms with Crippen LogP contribution in [0.2, 0.25) is 0 Å². The van der Waals surface area contributed by atoms with E-state index in [4.69, 9.17) is 0 Å². The minimum atomic E-state index is -0.0781. The average Bonchev–Trinajstić information content (AvgIpc) is 2.30. The normalized spacial score (nSPS) is 10.1. The van der Waals surface area contributed by atoms with Crippen molar-refractivity contribution in [3.8, 4) is 0 Å². The number of rotatable bonds is 2. The SMILES string of the molecule is Cc1cnc(C(=O)c2ccccc2C)cn1. The second-order valence-corrected chi connectivity index (χ2v) is 3.69. The van der Waals surface area contributed by atoms with Crippen molar-refractivity contribution in [2.24, 2.45) is 0 Å². The Kier molecular flexibility index (Phi) is 2.77. The number of nitrogens with zero attached hydrogens (tertiary/aromatic N) is 2. The molecule has 0 aliphatic rings. The minimum Gasteiger partial charge on any atom is -0.287 e. The molecule has 0 unspecified atom stereocenters. The number of hydrogen-bond acceptors (Lipinski definition) is 3. The highest BCUT2D eigenvalue weighted by Gasteiger charge is 2.12. The molecule has 2 aromatic rings. The summed E-state index contributed by atoms with van der Waals surface area (Å²) in [6, 6.07) is 7.48. The fourth-order valence-corrected chi connectivity index (χ4v) is 1.48. The first-order valence-electron chi connectivity index (χ1n) is 5.07. The van der Waals surface area contributed by atoms with E-state index in [9.17, 15) is 4.79 Å². The van der Waals surface area contributed by atoms with Gasteiger partial charge in [-0.1, -0.05) is 24.3 Å². The number of carbonyl (C=O) groups excluding carboxylic acids is 1. The van der Waals surface area contributed by atoms with Crippen molar-refractivity contribution in [1.29, 1.82) is 0 Å². The maximum absolute atomic E-state index is 12.1. The van der Waals surface area contributed by atoms with Gasteiger partial charge in [-0.2, -0.15) is 0 Å². The standard InChI is InChI=1S/C13H12N2O/c1-9-5-3-4-6-11(9)13(16)12-8-14-10(2)7-15-12/h3-8H,1-2H3. The van der Waals surface area contributed by atoms with E-state index in [1.54, 1.807) is 12.3 Å². The van der Waals surface area contributed by atoms with Crippen molar-refractivity contribution in [2.45, 2.75) is 13.8 Å². The van der Waals surface area contributed by atoms with Crippen LogP contribution >= 0.6 is 0 Å². The van der Waals surface area contributed by atoms with Crippen LogP contribution in [0, 0.1) is 13.8 Å². The van der Waals surface area contributed by atoms with Gasteiger partial charge in [-0.15, -0.1) is 0 Å². The molecule has 16 heavy (non-hydrogen) atoms. The summed E-state index contributed by atoms with van der Waals surface area (Å²) in [5, 5.41) is 0. The van der Waals surface area contributed by atoms with E-state index >= 15 is 0 Å². The molecule has 0 N–H and O–H groups in total. The molecule has 0 spiro atoms. The van der Waals surface area contributed by atoms with Crippen LogP contribution in [0.3, 0.4) is 0 Å². The summed E-state index contributed by atoms with van der Waals surface area (Å²) in [5.74, 6) is -0.0781. The van der Waals surface area contributed by atoms with Gasteiger partial charge in [0, 0.05) is 11.8 Å². The Morgan fingerprint density at radius 3 is 2.44 bits per heavy atom. The predicted octanol–water partition coefficient (Wildman–Crippen LogP) is 2.32. The average molecular weight is 212 g/mol. The van der Waals surface area contributed by atoms with E-state index in [2.05, 4.69) is 9.97 Å². The molecular formula is C13H12N2O. The predicted molar refractivity (Wildman–Crippen MR) is 61.4 cm³/mol. The smallest absolute Gasteiger partial charge is 0.213 e. The molecule has 1 aromatic carbocycles. The zero-order valence-corrected chi connectivity index (χ0v) is 9.27. The highest BCUT2D eigenvalue weighted by Crippen LogP contribution is 2.11. The van der Waals surface area contributed by atoms with Crippen LogP contribution in [0.25, 0.3) is 0 Å². The second-order valence-electron chi connectivity index (χ2n) is 3.69. The third-order valence-corrected chi connectivity index (χ3v) is 2.40. The van der Waals surface area contributed by atoms with E-state index in [0.717, 1.165) is 11.3 Å². The molecular weight excluding hydrogens is 200 g/mol. The van der Waals surface area contributed by atoms with Gasteiger partial charge in [-0.3, -0.25) is 9.78 Å². The summed E-state index contributed by atoms with van der Waals surface area (Å²) >= 11 is 0. The fourth-order valence-electron chi connectivity index (χ4n) is 1.48. The van der Waals surface area contributed by atoms with E-state index in [1.165, 1.54) is 6.20 Å². The lowest BCUT2D eigenvalue weighted by molar-refractivity contribution is 0.103. The first kappa shape index (κ1) is 10.5. The summed E-state index contributed by atoms with van der Waals surface area (Å²) in [6.45, 7) is 3.75. The fraction of sp³-hybridized carbons (Fsp3) is 0.154. The summed E-state index contributed by atoms with van der Waals surface area (Å²) in [5.41, 5.74) is 2.83. The first-order valence-corrected chi connectivity index (χ1v) is 5.07. The van der Waals surface area contributed by atoms with Crippen molar-refractivity contribution in [1.82, 2.24) is 9.97 Å². The van der Waals surface area contributed by atoms with Crippen molar-refractivity contribution in [3.05, 3.63) is 59.2 Å². The van der Waals surface area contributed by atoms with Gasteiger partial charge >= 0.3 is 0 Å². The molecule has 1 aromatic heterocycles. The Morgan fingerprint density at radius 1 is 1.06 bits per heavy atom. The van der Waals surface area contributed by atoms with E-state index in [-0.39, 0.29) is 5.78 Å². The molecule has 0 amide bonds. The van der Waals surface area contributed by atoms with E-state index < -0.39 is 0 Å². The van der Waals surface area contributed by atoms with Crippen molar-refractivity contribution >= 4 is 5.78 Å². The molecule has 0 bridgehead atoms. The van der Waals surface area contributed by atoms with Crippen LogP contribution in [0.4, 0.5) is 0 Å². The largest absolute Gasteiger partial charge is 0.287 e. The molecule has 80 valence electrons. The molecule has 0 saturated carbocycles. The quantitative estimate of drug-likeness (QED) is 0.717. The van der Waals surface area contributed by atoms with Crippen LogP contribution in [0.5, 0.6) is 0 Å². The van der Waals surface area contributed by atoms with Crippen LogP contribution in [0.15, 0.2) is 36.7 Å². The Hall–Kier alpha value is -2.03. The van der Waals surface area contributed by atoms with Gasteiger partial charge in [-0.05, 0) is 19.4 Å². The molecule has 0 aliphatic heterocycles. The van der Waals surface area contributed by atoms with E-state index in [0.29, 0.717) is 11.3 Å². The van der Waals surface area contributed by atoms with Crippen molar-refractivity contribution in [2.75, 3.05) is 0 Å². The molecule has 3 heteroatoms. The maximum atomic E-state index is 12.1. The molecule has 0 atom stereocenters. The Labute approximate surface area is 94.2 Å². The minimum absolute atomic E-state index is 0.0781. The highest BCUT2D eigenvalue weighted by molar-refractivity contribution is 6.08. The van der Waals surface area contributed by atoms with Crippen LogP contribution in [0.1, 0.15) is 27.3 Å². The van der Waals surface area contributed by atoms with Gasteiger partial charge in [-0.25, -0.2) is 4.98 Å². The second kappa shape index (κ2) is 4.23.